The lowest BCUT2D eigenvalue weighted by molar-refractivity contribution is -0.436. The van der Waals surface area contributed by atoms with E-state index in [0.29, 0.717) is 6.92 Å². The molecular formula is C5H6Br2F4N2O2. The number of rotatable bonds is 5. The fourth-order valence-corrected chi connectivity index (χ4v) is 0.801. The standard InChI is InChI=1S/C5H6Br2F4N2O2/c1-5(12(8)9,13(10)11)15-4(14)3(7)2-6/h3H,2H2,1H3. The van der Waals surface area contributed by atoms with Crippen molar-refractivity contribution in [3.8, 4) is 0 Å². The summed E-state index contributed by atoms with van der Waals surface area (Å²) in [5.74, 6) is -4.64. The molecule has 4 nitrogen and oxygen atoms in total. The van der Waals surface area contributed by atoms with Gasteiger partial charge in [0.1, 0.15) is 4.83 Å². The van der Waals surface area contributed by atoms with Gasteiger partial charge in [0, 0.05) is 12.3 Å². The number of carbonyl (C=O) groups excluding carboxylic acids is 1. The molecule has 0 spiro atoms. The first-order chi connectivity index (χ1) is 6.75. The molecule has 0 radical (unpaired) electrons. The van der Waals surface area contributed by atoms with Crippen molar-refractivity contribution in [1.29, 1.82) is 0 Å². The average molecular weight is 362 g/mol. The number of esters is 1. The smallest absolute Gasteiger partial charge is 0.332 e. The zero-order valence-corrected chi connectivity index (χ0v) is 10.4. The molecule has 0 saturated heterocycles. The lowest BCUT2D eigenvalue weighted by Gasteiger charge is -2.28. The molecular weight excluding hydrogens is 356 g/mol. The van der Waals surface area contributed by atoms with Crippen LogP contribution in [0.2, 0.25) is 0 Å². The highest BCUT2D eigenvalue weighted by Crippen LogP contribution is 2.25. The van der Waals surface area contributed by atoms with Crippen LogP contribution in [0.4, 0.5) is 17.9 Å². The van der Waals surface area contributed by atoms with E-state index < -0.39 is 27.3 Å². The average Bonchev–Trinajstić information content (AvgIpc) is 2.15. The van der Waals surface area contributed by atoms with Crippen LogP contribution in [0.25, 0.3) is 0 Å². The van der Waals surface area contributed by atoms with Crippen molar-refractivity contribution in [1.82, 2.24) is 10.7 Å². The molecule has 0 aromatic carbocycles. The number of halogens is 6. The molecule has 0 amide bonds. The third-order valence-electron chi connectivity index (χ3n) is 1.31. The van der Waals surface area contributed by atoms with E-state index in [0.717, 1.165) is 0 Å². The molecule has 0 heterocycles. The van der Waals surface area contributed by atoms with Gasteiger partial charge in [0.25, 0.3) is 0 Å². The Kier molecular flexibility index (Phi) is 5.99. The monoisotopic (exact) mass is 360 g/mol. The summed E-state index contributed by atoms with van der Waals surface area (Å²) in [4.78, 5) is 9.99. The maximum absolute atomic E-state index is 12.1. The molecule has 1 atom stereocenters. The fourth-order valence-electron chi connectivity index (χ4n) is 0.444. The molecule has 0 aliphatic rings. The second-order valence-corrected chi connectivity index (χ2v) is 4.20. The zero-order valence-electron chi connectivity index (χ0n) is 7.26. The number of alkyl halides is 2. The predicted octanol–water partition coefficient (Wildman–Crippen LogP) is 2.50. The van der Waals surface area contributed by atoms with Crippen LogP contribution in [0.5, 0.6) is 0 Å². The number of hydrogen-bond acceptors (Lipinski definition) is 4. The molecule has 0 N–H and O–H groups in total. The van der Waals surface area contributed by atoms with Gasteiger partial charge in [-0.15, -0.1) is 0 Å². The van der Waals surface area contributed by atoms with Crippen LogP contribution in [-0.2, 0) is 9.53 Å². The number of ether oxygens (including phenoxy) is 1. The third-order valence-corrected chi connectivity index (χ3v) is 3.53. The fraction of sp³-hybridized carbons (Fsp3) is 0.800. The lowest BCUT2D eigenvalue weighted by atomic mass is 10.4. The van der Waals surface area contributed by atoms with Gasteiger partial charge >= 0.3 is 11.8 Å². The first-order valence-electron chi connectivity index (χ1n) is 3.42. The van der Waals surface area contributed by atoms with E-state index in [4.69, 9.17) is 0 Å². The van der Waals surface area contributed by atoms with Gasteiger partial charge in [0.15, 0.2) is 0 Å². The first-order valence-corrected chi connectivity index (χ1v) is 5.46. The Morgan fingerprint density at radius 2 is 1.80 bits per heavy atom. The van der Waals surface area contributed by atoms with E-state index in [2.05, 4.69) is 36.6 Å². The van der Waals surface area contributed by atoms with Crippen LogP contribution in [0.1, 0.15) is 6.92 Å². The van der Waals surface area contributed by atoms with E-state index in [1.54, 1.807) is 0 Å². The second-order valence-electron chi connectivity index (χ2n) is 2.44. The van der Waals surface area contributed by atoms with Crippen LogP contribution in [0.3, 0.4) is 0 Å². The predicted molar refractivity (Wildman–Crippen MR) is 49.1 cm³/mol. The summed E-state index contributed by atoms with van der Waals surface area (Å²) >= 11 is 5.59. The Morgan fingerprint density at radius 3 is 2.07 bits per heavy atom. The second kappa shape index (κ2) is 5.97. The topological polar surface area (TPSA) is 32.8 Å². The Morgan fingerprint density at radius 1 is 1.40 bits per heavy atom. The summed E-state index contributed by atoms with van der Waals surface area (Å²) in [6.45, 7) is 0.346. The normalized spacial score (nSPS) is 14.5. The molecule has 0 rings (SSSR count). The molecule has 15 heavy (non-hydrogen) atoms. The molecule has 0 saturated carbocycles. The number of hydrogen-bond donors (Lipinski definition) is 0. The quantitative estimate of drug-likeness (QED) is 0.248. The van der Waals surface area contributed by atoms with Gasteiger partial charge in [0.2, 0.25) is 0 Å². The number of carbonyl (C=O) groups is 1. The zero-order chi connectivity index (χ0) is 12.2. The van der Waals surface area contributed by atoms with Crippen molar-refractivity contribution in [2.24, 2.45) is 0 Å². The first kappa shape index (κ1) is 15.1. The van der Waals surface area contributed by atoms with E-state index >= 15 is 0 Å². The van der Waals surface area contributed by atoms with Gasteiger partial charge in [-0.2, -0.15) is 0 Å². The number of nitrogens with zero attached hydrogens (tertiary/aromatic N) is 2. The van der Waals surface area contributed by atoms with Crippen LogP contribution >= 0.6 is 31.9 Å². The van der Waals surface area contributed by atoms with Crippen LogP contribution in [-0.4, -0.2) is 32.7 Å². The van der Waals surface area contributed by atoms with E-state index in [1.165, 1.54) is 0 Å². The Balaban J connectivity index is 4.63. The Labute approximate surface area is 99.1 Å². The summed E-state index contributed by atoms with van der Waals surface area (Å²) in [6, 6.07) is 0. The van der Waals surface area contributed by atoms with Gasteiger partial charge in [-0.1, -0.05) is 49.8 Å². The summed E-state index contributed by atoms with van der Waals surface area (Å²) < 4.78 is 52.2. The van der Waals surface area contributed by atoms with E-state index in [9.17, 15) is 22.7 Å². The molecule has 0 aliphatic carbocycles. The molecule has 0 bridgehead atoms. The highest BCUT2D eigenvalue weighted by Gasteiger charge is 2.47. The van der Waals surface area contributed by atoms with Crippen molar-refractivity contribution in [3.05, 3.63) is 0 Å². The van der Waals surface area contributed by atoms with E-state index in [-0.39, 0.29) is 5.33 Å². The molecule has 0 aliphatic heterocycles. The highest BCUT2D eigenvalue weighted by molar-refractivity contribution is 9.12. The van der Waals surface area contributed by atoms with Crippen molar-refractivity contribution < 1.29 is 27.5 Å². The minimum Gasteiger partial charge on any atom is -0.419 e. The van der Waals surface area contributed by atoms with Crippen LogP contribution < -0.4 is 0 Å². The maximum atomic E-state index is 12.1. The minimum absolute atomic E-state index is 0.0407. The largest absolute Gasteiger partial charge is 0.419 e. The van der Waals surface area contributed by atoms with Gasteiger partial charge in [-0.25, -0.2) is 0 Å². The summed E-state index contributed by atoms with van der Waals surface area (Å²) in [6.07, 6.45) is 0. The molecule has 1 unspecified atom stereocenters. The Hall–Kier alpha value is 0.0700. The molecule has 0 fully saturated rings. The highest BCUT2D eigenvalue weighted by atomic mass is 79.9. The van der Waals surface area contributed by atoms with Crippen molar-refractivity contribution >= 4 is 37.8 Å². The van der Waals surface area contributed by atoms with Crippen molar-refractivity contribution in [3.63, 3.8) is 0 Å². The van der Waals surface area contributed by atoms with Gasteiger partial charge < -0.3 is 4.74 Å². The third kappa shape index (κ3) is 3.85. The van der Waals surface area contributed by atoms with Crippen LogP contribution in [0, 0.1) is 0 Å². The summed E-state index contributed by atoms with van der Waals surface area (Å²) in [5.41, 5.74) is 0. The molecule has 0 aromatic rings. The maximum Gasteiger partial charge on any atom is 0.332 e. The van der Waals surface area contributed by atoms with Crippen molar-refractivity contribution in [2.75, 3.05) is 5.33 Å². The van der Waals surface area contributed by atoms with Crippen molar-refractivity contribution in [2.45, 2.75) is 17.6 Å². The lowest BCUT2D eigenvalue weighted by Crippen LogP contribution is -2.50. The van der Waals surface area contributed by atoms with Crippen LogP contribution in [0.15, 0.2) is 0 Å². The summed E-state index contributed by atoms with van der Waals surface area (Å²) in [7, 11) is 0. The molecule has 90 valence electrons. The molecule has 10 heteroatoms. The van der Waals surface area contributed by atoms with Gasteiger partial charge in [-0.3, -0.25) is 4.79 Å². The van der Waals surface area contributed by atoms with E-state index in [1.807, 2.05) is 0 Å². The van der Waals surface area contributed by atoms with Gasteiger partial charge in [-0.05, 0) is 0 Å². The molecule has 0 aromatic heterocycles. The Bertz CT molecular complexity index is 223. The minimum atomic E-state index is -3.40. The SMILES string of the molecule is CC(OC(=O)C(Br)CBr)(N(F)F)N(F)F. The summed E-state index contributed by atoms with van der Waals surface area (Å²) in [5, 5.41) is -3.77. The van der Waals surface area contributed by atoms with Gasteiger partial charge in [0.05, 0.1) is 10.7 Å².